The Morgan fingerprint density at radius 3 is 2.17 bits per heavy atom. The molecule has 0 amide bonds. The van der Waals surface area contributed by atoms with Crippen molar-refractivity contribution in [3.8, 4) is 0 Å². The van der Waals surface area contributed by atoms with Crippen LogP contribution < -0.4 is 5.73 Å². The maximum atomic E-state index is 6.26. The van der Waals surface area contributed by atoms with E-state index in [0.717, 1.165) is 17.7 Å². The molecule has 18 heavy (non-hydrogen) atoms. The third kappa shape index (κ3) is 2.65. The van der Waals surface area contributed by atoms with Crippen LogP contribution in [-0.2, 0) is 6.42 Å². The predicted molar refractivity (Wildman–Crippen MR) is 74.7 cm³/mol. The van der Waals surface area contributed by atoms with Crippen molar-refractivity contribution in [3.05, 3.63) is 58.0 Å². The van der Waals surface area contributed by atoms with Crippen molar-refractivity contribution < 1.29 is 4.42 Å². The van der Waals surface area contributed by atoms with Crippen molar-refractivity contribution in [2.75, 3.05) is 0 Å². The van der Waals surface area contributed by atoms with Crippen molar-refractivity contribution >= 4 is 0 Å². The van der Waals surface area contributed by atoms with Crippen LogP contribution in [0.2, 0.25) is 0 Å². The lowest BCUT2D eigenvalue weighted by Crippen LogP contribution is -2.14. The zero-order chi connectivity index (χ0) is 13.3. The first-order valence-electron chi connectivity index (χ1n) is 6.34. The van der Waals surface area contributed by atoms with Gasteiger partial charge in [0.1, 0.15) is 5.76 Å². The molecule has 0 saturated carbocycles. The molecule has 2 rings (SSSR count). The minimum Gasteiger partial charge on any atom is -0.469 e. The second kappa shape index (κ2) is 4.99. The van der Waals surface area contributed by atoms with Gasteiger partial charge in [-0.3, -0.25) is 0 Å². The summed E-state index contributed by atoms with van der Waals surface area (Å²) in [5.41, 5.74) is 12.6. The molecular formula is C16H21NO. The average molecular weight is 243 g/mol. The van der Waals surface area contributed by atoms with E-state index in [9.17, 15) is 0 Å². The Morgan fingerprint density at radius 1 is 1.06 bits per heavy atom. The Bertz CT molecular complexity index is 531. The van der Waals surface area contributed by atoms with E-state index in [1.54, 1.807) is 6.26 Å². The highest BCUT2D eigenvalue weighted by atomic mass is 16.3. The highest BCUT2D eigenvalue weighted by Crippen LogP contribution is 2.23. The summed E-state index contributed by atoms with van der Waals surface area (Å²) in [6, 6.07) is 6.46. The lowest BCUT2D eigenvalue weighted by molar-refractivity contribution is 0.528. The van der Waals surface area contributed by atoms with Gasteiger partial charge in [0.2, 0.25) is 0 Å². The molecule has 2 N–H and O–H groups in total. The van der Waals surface area contributed by atoms with Gasteiger partial charge in [-0.25, -0.2) is 0 Å². The van der Waals surface area contributed by atoms with Gasteiger partial charge in [0.25, 0.3) is 0 Å². The third-order valence-electron chi connectivity index (χ3n) is 3.44. The highest BCUT2D eigenvalue weighted by molar-refractivity contribution is 5.38. The van der Waals surface area contributed by atoms with Gasteiger partial charge in [-0.15, -0.1) is 0 Å². The van der Waals surface area contributed by atoms with Gasteiger partial charge in [-0.1, -0.05) is 17.7 Å². The van der Waals surface area contributed by atoms with Gasteiger partial charge in [0.15, 0.2) is 0 Å². The largest absolute Gasteiger partial charge is 0.469 e. The zero-order valence-corrected chi connectivity index (χ0v) is 11.6. The number of nitrogens with two attached hydrogens (primary N) is 1. The van der Waals surface area contributed by atoms with E-state index in [1.807, 2.05) is 13.0 Å². The lowest BCUT2D eigenvalue weighted by atomic mass is 9.93. The summed E-state index contributed by atoms with van der Waals surface area (Å²) in [5, 5.41) is 0. The summed E-state index contributed by atoms with van der Waals surface area (Å²) >= 11 is 0. The predicted octanol–water partition coefficient (Wildman–Crippen LogP) is 3.76. The van der Waals surface area contributed by atoms with Crippen LogP contribution in [0.1, 0.15) is 39.6 Å². The molecular weight excluding hydrogens is 222 g/mol. The molecule has 0 aliphatic carbocycles. The molecule has 1 unspecified atom stereocenters. The van der Waals surface area contributed by atoms with Crippen molar-refractivity contribution in [3.63, 3.8) is 0 Å². The molecule has 96 valence electrons. The number of hydrogen-bond donors (Lipinski definition) is 1. The zero-order valence-electron chi connectivity index (χ0n) is 11.6. The molecule has 2 nitrogen and oxygen atoms in total. The van der Waals surface area contributed by atoms with Gasteiger partial charge in [-0.2, -0.15) is 0 Å². The molecule has 1 aromatic heterocycles. The fourth-order valence-corrected chi connectivity index (χ4v) is 2.53. The van der Waals surface area contributed by atoms with E-state index < -0.39 is 0 Å². The van der Waals surface area contributed by atoms with Crippen LogP contribution in [-0.4, -0.2) is 0 Å². The SMILES string of the molecule is Cc1cc(C)c(CC(N)c2coc(C)c2)c(C)c1. The number of furan rings is 1. The van der Waals surface area contributed by atoms with Crippen LogP contribution in [0.4, 0.5) is 0 Å². The summed E-state index contributed by atoms with van der Waals surface area (Å²) < 4.78 is 5.32. The minimum atomic E-state index is 0.00237. The second-order valence-corrected chi connectivity index (χ2v) is 5.18. The van der Waals surface area contributed by atoms with Gasteiger partial charge in [0.05, 0.1) is 6.26 Å². The van der Waals surface area contributed by atoms with Crippen molar-refractivity contribution in [2.24, 2.45) is 5.73 Å². The Balaban J connectivity index is 2.24. The molecule has 2 aromatic rings. The standard InChI is InChI=1S/C16H21NO/c1-10-5-11(2)15(12(3)6-10)8-16(17)14-7-13(4)18-9-14/h5-7,9,16H,8,17H2,1-4H3. The topological polar surface area (TPSA) is 39.2 Å². The summed E-state index contributed by atoms with van der Waals surface area (Å²) in [4.78, 5) is 0. The Kier molecular flexibility index (Phi) is 3.58. The van der Waals surface area contributed by atoms with E-state index in [1.165, 1.54) is 22.3 Å². The van der Waals surface area contributed by atoms with Crippen molar-refractivity contribution in [1.29, 1.82) is 0 Å². The fraction of sp³-hybridized carbons (Fsp3) is 0.375. The smallest absolute Gasteiger partial charge is 0.101 e. The van der Waals surface area contributed by atoms with Gasteiger partial charge >= 0.3 is 0 Å². The first kappa shape index (κ1) is 12.9. The number of aryl methyl sites for hydroxylation is 4. The van der Waals surface area contributed by atoms with Crippen molar-refractivity contribution in [2.45, 2.75) is 40.2 Å². The second-order valence-electron chi connectivity index (χ2n) is 5.18. The minimum absolute atomic E-state index is 0.00237. The maximum Gasteiger partial charge on any atom is 0.101 e. The van der Waals surface area contributed by atoms with Crippen LogP contribution in [0.15, 0.2) is 28.9 Å². The summed E-state index contributed by atoms with van der Waals surface area (Å²) in [5.74, 6) is 0.915. The fourth-order valence-electron chi connectivity index (χ4n) is 2.53. The van der Waals surface area contributed by atoms with Gasteiger partial charge < -0.3 is 10.2 Å². The normalized spacial score (nSPS) is 12.7. The molecule has 0 fully saturated rings. The van der Waals surface area contributed by atoms with E-state index in [-0.39, 0.29) is 6.04 Å². The van der Waals surface area contributed by atoms with Gasteiger partial charge in [-0.05, 0) is 56.9 Å². The van der Waals surface area contributed by atoms with Crippen LogP contribution in [0.5, 0.6) is 0 Å². The summed E-state index contributed by atoms with van der Waals surface area (Å²) in [7, 11) is 0. The monoisotopic (exact) mass is 243 g/mol. The average Bonchev–Trinajstić information content (AvgIpc) is 2.70. The first-order chi connectivity index (χ1) is 8.47. The quantitative estimate of drug-likeness (QED) is 0.891. The Labute approximate surface area is 109 Å². The van der Waals surface area contributed by atoms with Gasteiger partial charge in [0, 0.05) is 11.6 Å². The maximum absolute atomic E-state index is 6.26. The number of hydrogen-bond acceptors (Lipinski definition) is 2. The first-order valence-corrected chi connectivity index (χ1v) is 6.34. The molecule has 0 aliphatic heterocycles. The van der Waals surface area contributed by atoms with Crippen LogP contribution >= 0.6 is 0 Å². The van der Waals surface area contributed by atoms with Crippen LogP contribution in [0.3, 0.4) is 0 Å². The molecule has 0 saturated heterocycles. The lowest BCUT2D eigenvalue weighted by Gasteiger charge is -2.15. The van der Waals surface area contributed by atoms with E-state index >= 15 is 0 Å². The molecule has 2 heteroatoms. The number of benzene rings is 1. The third-order valence-corrected chi connectivity index (χ3v) is 3.44. The summed E-state index contributed by atoms with van der Waals surface area (Å²) in [6.45, 7) is 8.38. The van der Waals surface area contributed by atoms with Crippen molar-refractivity contribution in [1.82, 2.24) is 0 Å². The van der Waals surface area contributed by atoms with E-state index in [4.69, 9.17) is 10.2 Å². The summed E-state index contributed by atoms with van der Waals surface area (Å²) in [6.07, 6.45) is 2.62. The molecule has 1 aromatic carbocycles. The highest BCUT2D eigenvalue weighted by Gasteiger charge is 2.13. The van der Waals surface area contributed by atoms with E-state index in [0.29, 0.717) is 0 Å². The van der Waals surface area contributed by atoms with Crippen LogP contribution in [0.25, 0.3) is 0 Å². The molecule has 0 spiro atoms. The molecule has 0 aliphatic rings. The Morgan fingerprint density at radius 2 is 1.67 bits per heavy atom. The number of rotatable bonds is 3. The molecule has 1 heterocycles. The molecule has 0 bridgehead atoms. The molecule has 0 radical (unpaired) electrons. The molecule has 1 atom stereocenters. The Hall–Kier alpha value is -1.54. The van der Waals surface area contributed by atoms with Crippen LogP contribution in [0, 0.1) is 27.7 Å². The van der Waals surface area contributed by atoms with E-state index in [2.05, 4.69) is 32.9 Å².